The van der Waals surface area contributed by atoms with Crippen LogP contribution in [0.25, 0.3) is 0 Å². The Morgan fingerprint density at radius 2 is 0.647 bits per heavy atom. The molecule has 0 aliphatic heterocycles. The van der Waals surface area contributed by atoms with Gasteiger partial charge in [0.2, 0.25) is 0 Å². The first-order chi connectivity index (χ1) is 24.9. The largest absolute Gasteiger partial charge is 0.462 e. The van der Waals surface area contributed by atoms with Crippen molar-refractivity contribution in [1.29, 1.82) is 0 Å². The fourth-order valence-corrected chi connectivity index (χ4v) is 6.63. The highest BCUT2D eigenvalue weighted by molar-refractivity contribution is 5.71. The van der Waals surface area contributed by atoms with E-state index in [0.717, 1.165) is 63.7 Å². The highest BCUT2D eigenvalue weighted by Crippen LogP contribution is 2.16. The van der Waals surface area contributed by atoms with Crippen LogP contribution in [0.15, 0.2) is 0 Å². The lowest BCUT2D eigenvalue weighted by atomic mass is 10.0. The second-order valence-corrected chi connectivity index (χ2v) is 15.8. The van der Waals surface area contributed by atoms with Gasteiger partial charge in [-0.05, 0) is 25.2 Å². The third kappa shape index (κ3) is 39.5. The summed E-state index contributed by atoms with van der Waals surface area (Å²) in [6, 6.07) is 0. The van der Waals surface area contributed by atoms with Gasteiger partial charge in [-0.25, -0.2) is 0 Å². The fourth-order valence-electron chi connectivity index (χ4n) is 6.63. The van der Waals surface area contributed by atoms with Gasteiger partial charge in [-0.3, -0.25) is 14.4 Å². The van der Waals surface area contributed by atoms with Gasteiger partial charge in [0.15, 0.2) is 6.10 Å². The van der Waals surface area contributed by atoms with Gasteiger partial charge in [0.1, 0.15) is 13.2 Å². The zero-order chi connectivity index (χ0) is 37.5. The lowest BCUT2D eigenvalue weighted by Gasteiger charge is -2.18. The fraction of sp³-hybridized carbons (Fsp3) is 0.933. The van der Waals surface area contributed by atoms with Crippen LogP contribution in [0, 0.1) is 5.92 Å². The van der Waals surface area contributed by atoms with Gasteiger partial charge >= 0.3 is 17.9 Å². The summed E-state index contributed by atoms with van der Waals surface area (Å²) in [5.41, 5.74) is 0. The number of rotatable bonds is 40. The molecule has 0 aliphatic carbocycles. The summed E-state index contributed by atoms with van der Waals surface area (Å²) in [7, 11) is 0. The lowest BCUT2D eigenvalue weighted by molar-refractivity contribution is -0.167. The van der Waals surface area contributed by atoms with Crippen molar-refractivity contribution in [2.24, 2.45) is 5.92 Å². The number of ether oxygens (including phenoxy) is 3. The standard InChI is InChI=1S/C45H86O6/c1-5-7-9-11-13-14-15-16-17-18-19-20-21-25-29-33-37-44(47)50-40-42(39-49-43(46)36-32-28-23-12-10-8-6-2)51-45(48)38-34-30-26-22-24-27-31-35-41(3)4/h41-42H,5-40H2,1-4H3/t42-/m1/s1. The third-order valence-electron chi connectivity index (χ3n) is 10.0. The molecule has 302 valence electrons. The predicted molar refractivity (Wildman–Crippen MR) is 215 cm³/mol. The molecule has 0 amide bonds. The van der Waals surface area contributed by atoms with E-state index in [1.807, 2.05) is 0 Å². The van der Waals surface area contributed by atoms with Crippen molar-refractivity contribution in [3.8, 4) is 0 Å². The van der Waals surface area contributed by atoms with E-state index >= 15 is 0 Å². The summed E-state index contributed by atoms with van der Waals surface area (Å²) in [4.78, 5) is 37.5. The zero-order valence-corrected chi connectivity index (χ0v) is 34.6. The van der Waals surface area contributed by atoms with E-state index in [-0.39, 0.29) is 31.1 Å². The molecule has 0 radical (unpaired) electrons. The molecule has 0 unspecified atom stereocenters. The molecule has 0 bridgehead atoms. The molecule has 0 heterocycles. The molecule has 0 aromatic carbocycles. The first-order valence-corrected chi connectivity index (χ1v) is 22.4. The minimum atomic E-state index is -0.758. The van der Waals surface area contributed by atoms with Crippen LogP contribution in [-0.2, 0) is 28.6 Å². The maximum absolute atomic E-state index is 12.6. The summed E-state index contributed by atoms with van der Waals surface area (Å²) in [5.74, 6) is -0.0868. The smallest absolute Gasteiger partial charge is 0.306 e. The Bertz CT molecular complexity index is 766. The number of hydrogen-bond acceptors (Lipinski definition) is 6. The van der Waals surface area contributed by atoms with E-state index in [9.17, 15) is 14.4 Å². The highest BCUT2D eigenvalue weighted by Gasteiger charge is 2.19. The Morgan fingerprint density at radius 3 is 0.961 bits per heavy atom. The van der Waals surface area contributed by atoms with Gasteiger partial charge in [0, 0.05) is 19.3 Å². The van der Waals surface area contributed by atoms with Gasteiger partial charge in [-0.15, -0.1) is 0 Å². The third-order valence-corrected chi connectivity index (χ3v) is 10.0. The van der Waals surface area contributed by atoms with Crippen LogP contribution in [0.3, 0.4) is 0 Å². The number of unbranched alkanes of at least 4 members (excludes halogenated alkanes) is 27. The zero-order valence-electron chi connectivity index (χ0n) is 34.6. The second kappa shape index (κ2) is 39.6. The van der Waals surface area contributed by atoms with Crippen LogP contribution < -0.4 is 0 Å². The Morgan fingerprint density at radius 1 is 0.373 bits per heavy atom. The van der Waals surface area contributed by atoms with Crippen LogP contribution in [0.2, 0.25) is 0 Å². The lowest BCUT2D eigenvalue weighted by Crippen LogP contribution is -2.30. The quantitative estimate of drug-likeness (QED) is 0.0356. The molecule has 1 atom stereocenters. The molecule has 0 aliphatic rings. The summed E-state index contributed by atoms with van der Waals surface area (Å²) < 4.78 is 16.6. The van der Waals surface area contributed by atoms with Crippen molar-refractivity contribution >= 4 is 17.9 Å². The monoisotopic (exact) mass is 723 g/mol. The van der Waals surface area contributed by atoms with Crippen molar-refractivity contribution in [1.82, 2.24) is 0 Å². The van der Waals surface area contributed by atoms with Crippen LogP contribution in [-0.4, -0.2) is 37.2 Å². The Hall–Kier alpha value is -1.59. The minimum absolute atomic E-state index is 0.0650. The molecule has 0 fully saturated rings. The van der Waals surface area contributed by atoms with E-state index < -0.39 is 6.10 Å². The number of esters is 3. The second-order valence-electron chi connectivity index (χ2n) is 15.8. The molecule has 0 spiro atoms. The predicted octanol–water partition coefficient (Wildman–Crippen LogP) is 13.9. The Labute approximate surface area is 317 Å². The van der Waals surface area contributed by atoms with E-state index in [2.05, 4.69) is 27.7 Å². The van der Waals surface area contributed by atoms with Gasteiger partial charge < -0.3 is 14.2 Å². The van der Waals surface area contributed by atoms with Crippen molar-refractivity contribution in [3.05, 3.63) is 0 Å². The van der Waals surface area contributed by atoms with E-state index in [0.29, 0.717) is 19.3 Å². The summed E-state index contributed by atoms with van der Waals surface area (Å²) >= 11 is 0. The van der Waals surface area contributed by atoms with Gasteiger partial charge in [-0.2, -0.15) is 0 Å². The minimum Gasteiger partial charge on any atom is -0.462 e. The molecular formula is C45H86O6. The Balaban J connectivity index is 4.22. The normalized spacial score (nSPS) is 11.9. The topological polar surface area (TPSA) is 78.9 Å². The van der Waals surface area contributed by atoms with Crippen LogP contribution in [0.1, 0.15) is 246 Å². The molecule has 0 rings (SSSR count). The summed E-state index contributed by atoms with van der Waals surface area (Å²) in [5, 5.41) is 0. The van der Waals surface area contributed by atoms with Crippen molar-refractivity contribution in [3.63, 3.8) is 0 Å². The number of carbonyl (C=O) groups is 3. The van der Waals surface area contributed by atoms with Crippen molar-refractivity contribution in [2.75, 3.05) is 13.2 Å². The molecular weight excluding hydrogens is 636 g/mol. The summed E-state index contributed by atoms with van der Waals surface area (Å²) in [6.07, 6.45) is 38.2. The molecule has 0 aromatic rings. The molecule has 0 saturated heterocycles. The van der Waals surface area contributed by atoms with Crippen LogP contribution in [0.4, 0.5) is 0 Å². The first kappa shape index (κ1) is 49.4. The van der Waals surface area contributed by atoms with Crippen LogP contribution in [0.5, 0.6) is 0 Å². The molecule has 0 saturated carbocycles. The van der Waals surface area contributed by atoms with Crippen molar-refractivity contribution < 1.29 is 28.6 Å². The van der Waals surface area contributed by atoms with Crippen molar-refractivity contribution in [2.45, 2.75) is 252 Å². The molecule has 6 nitrogen and oxygen atoms in total. The molecule has 0 aromatic heterocycles. The van der Waals surface area contributed by atoms with E-state index in [1.54, 1.807) is 0 Å². The number of carbonyl (C=O) groups excluding carboxylic acids is 3. The average molecular weight is 723 g/mol. The van der Waals surface area contributed by atoms with Crippen LogP contribution >= 0.6 is 0 Å². The maximum atomic E-state index is 12.6. The summed E-state index contributed by atoms with van der Waals surface area (Å²) in [6.45, 7) is 8.90. The molecule has 6 heteroatoms. The van der Waals surface area contributed by atoms with Gasteiger partial charge in [0.05, 0.1) is 0 Å². The number of hydrogen-bond donors (Lipinski definition) is 0. The molecule has 0 N–H and O–H groups in total. The van der Waals surface area contributed by atoms with E-state index in [4.69, 9.17) is 14.2 Å². The Kier molecular flexibility index (Phi) is 38.4. The average Bonchev–Trinajstić information content (AvgIpc) is 3.11. The van der Waals surface area contributed by atoms with Gasteiger partial charge in [0.25, 0.3) is 0 Å². The first-order valence-electron chi connectivity index (χ1n) is 22.4. The van der Waals surface area contributed by atoms with Gasteiger partial charge in [-0.1, -0.05) is 207 Å². The maximum Gasteiger partial charge on any atom is 0.306 e. The molecule has 51 heavy (non-hydrogen) atoms. The highest BCUT2D eigenvalue weighted by atomic mass is 16.6. The van der Waals surface area contributed by atoms with E-state index in [1.165, 1.54) is 141 Å². The SMILES string of the molecule is CCCCCCCCCCCCCCCCCCC(=O)OC[C@@H](COC(=O)CCCCCCCCC)OC(=O)CCCCCCCCCC(C)C.